The molecular formula is C35H55NO7P2S2. The van der Waals surface area contributed by atoms with Gasteiger partial charge in [-0.25, -0.2) is 0 Å². The summed E-state index contributed by atoms with van der Waals surface area (Å²) in [5, 5.41) is 1.60. The summed E-state index contributed by atoms with van der Waals surface area (Å²) >= 11 is 3.15. The molecule has 0 N–H and O–H groups in total. The van der Waals surface area contributed by atoms with Gasteiger partial charge < -0.3 is 18.8 Å². The van der Waals surface area contributed by atoms with Crippen molar-refractivity contribution in [3.63, 3.8) is 0 Å². The van der Waals surface area contributed by atoms with Crippen molar-refractivity contribution in [1.82, 2.24) is 4.57 Å². The first-order chi connectivity index (χ1) is 21.5. The van der Waals surface area contributed by atoms with Crippen LogP contribution in [0.2, 0.25) is 0 Å². The van der Waals surface area contributed by atoms with E-state index in [-0.39, 0.29) is 44.6 Å². The fourth-order valence-corrected chi connectivity index (χ4v) is 5.46. The van der Waals surface area contributed by atoms with Crippen LogP contribution < -0.4 is 5.43 Å². The van der Waals surface area contributed by atoms with Gasteiger partial charge in [-0.2, -0.15) is 9.90 Å². The Morgan fingerprint density at radius 3 is 1.57 bits per heavy atom. The van der Waals surface area contributed by atoms with Crippen molar-refractivity contribution < 1.29 is 28.6 Å². The summed E-state index contributed by atoms with van der Waals surface area (Å²) in [7, 11) is 5.47. The number of benzene rings is 2. The van der Waals surface area contributed by atoms with Crippen LogP contribution >= 0.6 is 41.5 Å². The monoisotopic (exact) mass is 727 g/mol. The van der Waals surface area contributed by atoms with Gasteiger partial charge in [0.15, 0.2) is 5.43 Å². The van der Waals surface area contributed by atoms with Crippen molar-refractivity contribution in [2.45, 2.75) is 74.8 Å². The van der Waals surface area contributed by atoms with E-state index in [0.717, 1.165) is 46.9 Å². The van der Waals surface area contributed by atoms with Gasteiger partial charge in [-0.05, 0) is 78.6 Å². The molecule has 2 atom stereocenters. The number of aryl methyl sites for hydroxylation is 1. The topological polar surface area (TPSA) is 101 Å². The summed E-state index contributed by atoms with van der Waals surface area (Å²) in [5.41, 5.74) is 0.843. The molecule has 264 valence electrons. The molecule has 1 heterocycles. The molecule has 0 aliphatic rings. The van der Waals surface area contributed by atoms with Gasteiger partial charge in [-0.3, -0.25) is 19.2 Å². The predicted octanol–water partition coefficient (Wildman–Crippen LogP) is 8.19. The first-order valence-electron chi connectivity index (χ1n) is 15.3. The van der Waals surface area contributed by atoms with Gasteiger partial charge in [0.05, 0.1) is 41.5 Å². The average Bonchev–Trinajstić information content (AvgIpc) is 3.06. The van der Waals surface area contributed by atoms with Gasteiger partial charge in [0.1, 0.15) is 5.94 Å². The van der Waals surface area contributed by atoms with Crippen LogP contribution in [-0.4, -0.2) is 54.1 Å². The number of pyridine rings is 1. The molecule has 8 nitrogen and oxygen atoms in total. The lowest BCUT2D eigenvalue weighted by Gasteiger charge is -2.22. The summed E-state index contributed by atoms with van der Waals surface area (Å²) in [5.74, 6) is 1.23. The van der Waals surface area contributed by atoms with Crippen molar-refractivity contribution in [3.8, 4) is 0 Å². The largest absolute Gasteiger partial charge is 0.469 e. The number of carbonyl (C=O) groups excluding carboxylic acids is 3. The van der Waals surface area contributed by atoms with Crippen molar-refractivity contribution in [1.29, 1.82) is 0 Å². The highest BCUT2D eigenvalue weighted by Crippen LogP contribution is 2.26. The first-order valence-corrected chi connectivity index (χ1v) is 18.9. The fraction of sp³-hybridized carbons (Fsp3) is 0.543. The standard InChI is InChI=1S/C15H14NOPS.C13H24O4S.C7H14O2.H3P/c17-15-11-5-1-3-7-13(11)16(9-10-19-18)14-8-4-2-6-12(14)15;1-7-12(2,3)11(15)17-9-18-8-13(4,5)10(14)16-6;1-5-7(2,3)6(8)9-4;/h1-8H,9-10,18H2;7-9H2,1-6H3;5H2,1-4H3;1H3. The third-order valence-electron chi connectivity index (χ3n) is 7.84. The van der Waals surface area contributed by atoms with Crippen molar-refractivity contribution >= 4 is 81.2 Å². The molecule has 0 fully saturated rings. The van der Waals surface area contributed by atoms with Crippen molar-refractivity contribution in [3.05, 3.63) is 58.8 Å². The molecule has 0 saturated carbocycles. The number of carbonyl (C=O) groups is 3. The average molecular weight is 728 g/mol. The number of para-hydroxylation sites is 2. The second-order valence-electron chi connectivity index (χ2n) is 12.6. The normalized spacial score (nSPS) is 11.3. The summed E-state index contributed by atoms with van der Waals surface area (Å²) in [6.45, 7) is 15.9. The smallest absolute Gasteiger partial charge is 0.312 e. The Kier molecular flexibility index (Phi) is 20.1. The number of rotatable bonds is 12. The van der Waals surface area contributed by atoms with E-state index in [1.165, 1.54) is 26.0 Å². The molecule has 1 aromatic heterocycles. The molecule has 0 aliphatic carbocycles. The molecule has 3 aromatic rings. The minimum Gasteiger partial charge on any atom is -0.469 e. The Morgan fingerprint density at radius 1 is 0.745 bits per heavy atom. The van der Waals surface area contributed by atoms with Crippen LogP contribution in [-0.2, 0) is 35.1 Å². The third-order valence-corrected chi connectivity index (χ3v) is 10.2. The molecular weight excluding hydrogens is 672 g/mol. The van der Waals surface area contributed by atoms with Gasteiger partial charge in [0.2, 0.25) is 0 Å². The highest BCUT2D eigenvalue weighted by atomic mass is 32.7. The SMILES string of the molecule is CCC(C)(C)C(=O)OC.CCC(C)(C)C(=O)OCSCC(C)(C)C(=O)OC.O=c1c2ccccc2n(CCSP)c2ccccc12.P. The number of methoxy groups -OCH3 is 2. The minimum absolute atomic E-state index is 0. The summed E-state index contributed by atoms with van der Waals surface area (Å²) < 4.78 is 16.7. The highest BCUT2D eigenvalue weighted by Gasteiger charge is 2.30. The lowest BCUT2D eigenvalue weighted by atomic mass is 9.91. The van der Waals surface area contributed by atoms with E-state index in [1.54, 1.807) is 11.4 Å². The van der Waals surface area contributed by atoms with Crippen LogP contribution in [0.3, 0.4) is 0 Å². The number of ether oxygens (including phenoxy) is 3. The molecule has 12 heteroatoms. The number of esters is 3. The molecule has 0 spiro atoms. The lowest BCUT2D eigenvalue weighted by molar-refractivity contribution is -0.152. The molecule has 0 bridgehead atoms. The zero-order valence-corrected chi connectivity index (χ0v) is 34.0. The number of nitrogens with zero attached hydrogens (tertiary/aromatic N) is 1. The molecule has 3 rings (SSSR count). The zero-order valence-electron chi connectivity index (χ0n) is 29.8. The number of aromatic nitrogens is 1. The number of fused-ring (bicyclic) bond motifs is 2. The molecule has 2 unspecified atom stereocenters. The van der Waals surface area contributed by atoms with Crippen molar-refractivity contribution in [2.75, 3.05) is 31.7 Å². The molecule has 47 heavy (non-hydrogen) atoms. The molecule has 0 saturated heterocycles. The number of hydrogen-bond acceptors (Lipinski definition) is 9. The predicted molar refractivity (Wildman–Crippen MR) is 208 cm³/mol. The highest BCUT2D eigenvalue weighted by molar-refractivity contribution is 8.43. The van der Waals surface area contributed by atoms with Crippen LogP contribution in [0, 0.1) is 16.2 Å². The lowest BCUT2D eigenvalue weighted by Crippen LogP contribution is -2.29. The van der Waals surface area contributed by atoms with E-state index in [1.807, 2.05) is 104 Å². The van der Waals surface area contributed by atoms with E-state index in [2.05, 4.69) is 17.7 Å². The molecule has 0 aliphatic heterocycles. The Labute approximate surface area is 294 Å². The fourth-order valence-electron chi connectivity index (χ4n) is 3.95. The van der Waals surface area contributed by atoms with E-state index < -0.39 is 10.8 Å². The quantitative estimate of drug-likeness (QED) is 0.0457. The van der Waals surface area contributed by atoms with Gasteiger partial charge in [0.25, 0.3) is 0 Å². The van der Waals surface area contributed by atoms with E-state index >= 15 is 0 Å². The van der Waals surface area contributed by atoms with Gasteiger partial charge in [0, 0.05) is 28.8 Å². The Bertz CT molecular complexity index is 1450. The Morgan fingerprint density at radius 2 is 1.17 bits per heavy atom. The Balaban J connectivity index is 0.000000711. The number of hydrogen-bond donors (Lipinski definition) is 0. The molecule has 2 aromatic carbocycles. The maximum Gasteiger partial charge on any atom is 0.312 e. The van der Waals surface area contributed by atoms with E-state index in [0.29, 0.717) is 5.75 Å². The van der Waals surface area contributed by atoms with E-state index in [4.69, 9.17) is 9.47 Å². The minimum atomic E-state index is -0.563. The summed E-state index contributed by atoms with van der Waals surface area (Å²) in [6, 6.07) is 15.7. The van der Waals surface area contributed by atoms with Gasteiger partial charge in [-0.15, -0.1) is 23.1 Å². The van der Waals surface area contributed by atoms with Crippen molar-refractivity contribution in [2.24, 2.45) is 16.2 Å². The summed E-state index contributed by atoms with van der Waals surface area (Å²) in [4.78, 5) is 46.4. The van der Waals surface area contributed by atoms with Crippen LogP contribution in [0.1, 0.15) is 68.2 Å². The summed E-state index contributed by atoms with van der Waals surface area (Å²) in [6.07, 6.45) is 1.56. The van der Waals surface area contributed by atoms with Gasteiger partial charge in [-0.1, -0.05) is 46.6 Å². The second-order valence-corrected chi connectivity index (χ2v) is 15.3. The van der Waals surface area contributed by atoms with Crippen LogP contribution in [0.25, 0.3) is 21.8 Å². The third kappa shape index (κ3) is 13.4. The maximum atomic E-state index is 12.5. The van der Waals surface area contributed by atoms with E-state index in [9.17, 15) is 19.2 Å². The van der Waals surface area contributed by atoms with Crippen LogP contribution in [0.4, 0.5) is 0 Å². The van der Waals surface area contributed by atoms with Crippen LogP contribution in [0.5, 0.6) is 0 Å². The first kappa shape index (κ1) is 44.9. The van der Waals surface area contributed by atoms with Crippen LogP contribution in [0.15, 0.2) is 53.3 Å². The Hall–Kier alpha value is -2.12. The van der Waals surface area contributed by atoms with Gasteiger partial charge >= 0.3 is 17.9 Å². The maximum absolute atomic E-state index is 12.5. The second kappa shape index (κ2) is 21.1. The molecule has 0 amide bonds. The zero-order chi connectivity index (χ0) is 35.1. The number of thioether (sulfide) groups is 1. The molecule has 0 radical (unpaired) electrons.